The number of H-pyrrole nitrogens is 1. The molecule has 0 bridgehead atoms. The molecule has 0 unspecified atom stereocenters. The Kier molecular flexibility index (Phi) is 9.74. The van der Waals surface area contributed by atoms with E-state index in [2.05, 4.69) is 47.2 Å². The average Bonchev–Trinajstić information content (AvgIpc) is 3.10. The zero-order valence-corrected chi connectivity index (χ0v) is 22.6. The van der Waals surface area contributed by atoms with Crippen LogP contribution in [0.5, 0.6) is 0 Å². The molecule has 2 aromatic heterocycles. The first kappa shape index (κ1) is 27.9. The van der Waals surface area contributed by atoms with E-state index in [1.165, 1.54) is 11.3 Å². The highest BCUT2D eigenvalue weighted by atomic mass is 35.5. The number of aromatic nitrogens is 1. The van der Waals surface area contributed by atoms with Crippen molar-refractivity contribution in [1.29, 1.82) is 5.26 Å². The van der Waals surface area contributed by atoms with E-state index in [-0.39, 0.29) is 30.4 Å². The summed E-state index contributed by atoms with van der Waals surface area (Å²) in [5.74, 6) is -0.307. The van der Waals surface area contributed by atoms with Gasteiger partial charge in [0, 0.05) is 36.4 Å². The van der Waals surface area contributed by atoms with Gasteiger partial charge in [-0.3, -0.25) is 9.59 Å². The van der Waals surface area contributed by atoms with Crippen molar-refractivity contribution in [3.63, 3.8) is 0 Å². The summed E-state index contributed by atoms with van der Waals surface area (Å²) in [5, 5.41) is 13.7. The van der Waals surface area contributed by atoms with Crippen molar-refractivity contribution in [3.05, 3.63) is 49.2 Å². The minimum Gasteiger partial charge on any atom is -0.360 e. The summed E-state index contributed by atoms with van der Waals surface area (Å²) in [7, 11) is 4.28. The molecule has 0 radical (unpaired) electrons. The number of halogens is 1. The fourth-order valence-corrected chi connectivity index (χ4v) is 6.18. The Bertz CT molecular complexity index is 1110. The predicted octanol–water partition coefficient (Wildman–Crippen LogP) is 4.28. The van der Waals surface area contributed by atoms with Crippen LogP contribution in [0.15, 0.2) is 10.9 Å². The maximum absolute atomic E-state index is 13.1. The van der Waals surface area contributed by atoms with Crippen LogP contribution >= 0.6 is 23.7 Å². The minimum atomic E-state index is -0.307. The molecule has 3 rings (SSSR count). The molecule has 0 aromatic carbocycles. The molecule has 2 aromatic rings. The van der Waals surface area contributed by atoms with Gasteiger partial charge in [-0.25, -0.2) is 0 Å². The number of carbonyl (C=O) groups excluding carboxylic acids is 1. The smallest absolute Gasteiger partial charge is 0.254 e. The Labute approximate surface area is 212 Å². The molecule has 2 N–H and O–H groups in total. The van der Waals surface area contributed by atoms with Gasteiger partial charge in [-0.15, -0.1) is 23.7 Å². The molecule has 0 aliphatic heterocycles. The van der Waals surface area contributed by atoms with E-state index in [1.807, 2.05) is 26.8 Å². The number of aromatic amines is 1. The zero-order chi connectivity index (χ0) is 24.3. The molecular formula is C25H36ClN5O2S. The maximum Gasteiger partial charge on any atom is 0.254 e. The molecule has 0 atom stereocenters. The van der Waals surface area contributed by atoms with Crippen molar-refractivity contribution >= 4 is 34.7 Å². The van der Waals surface area contributed by atoms with E-state index in [0.29, 0.717) is 28.1 Å². The summed E-state index contributed by atoms with van der Waals surface area (Å²) < 4.78 is 0. The van der Waals surface area contributed by atoms with Crippen LogP contribution in [-0.4, -0.2) is 48.5 Å². The quantitative estimate of drug-likeness (QED) is 0.585. The van der Waals surface area contributed by atoms with E-state index in [1.54, 1.807) is 0 Å². The lowest BCUT2D eigenvalue weighted by atomic mass is 9.89. The van der Waals surface area contributed by atoms with Crippen LogP contribution in [-0.2, 0) is 6.54 Å². The Morgan fingerprint density at radius 2 is 1.82 bits per heavy atom. The summed E-state index contributed by atoms with van der Waals surface area (Å²) in [4.78, 5) is 33.3. The number of aryl methyl sites for hydroxylation is 2. The highest BCUT2D eigenvalue weighted by Gasteiger charge is 2.30. The second-order valence-electron chi connectivity index (χ2n) is 9.19. The lowest BCUT2D eigenvalue weighted by molar-refractivity contribution is 0.0950. The second kappa shape index (κ2) is 11.9. The molecule has 1 saturated carbocycles. The number of anilines is 1. The Balaban J connectivity index is 0.00000408. The van der Waals surface area contributed by atoms with Gasteiger partial charge >= 0.3 is 0 Å². The van der Waals surface area contributed by atoms with Crippen molar-refractivity contribution in [2.75, 3.05) is 25.5 Å². The van der Waals surface area contributed by atoms with E-state index in [4.69, 9.17) is 0 Å². The van der Waals surface area contributed by atoms with Crippen molar-refractivity contribution < 1.29 is 4.79 Å². The maximum atomic E-state index is 13.1. The summed E-state index contributed by atoms with van der Waals surface area (Å²) in [6.07, 6.45) is 4.52. The first-order valence-electron chi connectivity index (χ1n) is 11.6. The Morgan fingerprint density at radius 3 is 2.35 bits per heavy atom. The van der Waals surface area contributed by atoms with Gasteiger partial charge in [0.25, 0.3) is 11.5 Å². The molecule has 0 saturated heterocycles. The summed E-state index contributed by atoms with van der Waals surface area (Å²) in [6, 6.07) is 5.15. The molecule has 0 spiro atoms. The molecule has 2 heterocycles. The molecule has 34 heavy (non-hydrogen) atoms. The number of thiophene rings is 1. The van der Waals surface area contributed by atoms with Gasteiger partial charge in [0.1, 0.15) is 10.9 Å². The third-order valence-electron chi connectivity index (χ3n) is 6.81. The standard InChI is InChI=1S/C25H35N5O2S.ClH/c1-7-30(19-10-8-18(9-11-19)29(5)6)25-17(4)22(21(13-26)33-25)24(32)27-14-20-15(2)12-16(3)28-23(20)31;/h12,18-19H,7-11,14H2,1-6H3,(H,27,32)(H,28,31);1H/t18-,19-;. The van der Waals surface area contributed by atoms with Gasteiger partial charge in [-0.1, -0.05) is 0 Å². The van der Waals surface area contributed by atoms with E-state index >= 15 is 0 Å². The zero-order valence-electron chi connectivity index (χ0n) is 20.9. The van der Waals surface area contributed by atoms with Gasteiger partial charge in [-0.2, -0.15) is 5.26 Å². The van der Waals surface area contributed by atoms with Crippen LogP contribution < -0.4 is 15.8 Å². The van der Waals surface area contributed by atoms with Crippen LogP contribution in [0.25, 0.3) is 0 Å². The number of nitriles is 1. The molecule has 9 heteroatoms. The normalized spacial score (nSPS) is 17.7. The van der Waals surface area contributed by atoms with Crippen LogP contribution in [0.1, 0.15) is 70.2 Å². The van der Waals surface area contributed by atoms with Gasteiger partial charge in [-0.05, 0) is 84.7 Å². The van der Waals surface area contributed by atoms with Crippen LogP contribution in [0, 0.1) is 32.1 Å². The minimum absolute atomic E-state index is 0. The average molecular weight is 506 g/mol. The van der Waals surface area contributed by atoms with Crippen molar-refractivity contribution in [1.82, 2.24) is 15.2 Å². The van der Waals surface area contributed by atoms with Crippen molar-refractivity contribution in [2.45, 2.75) is 72.0 Å². The lowest BCUT2D eigenvalue weighted by Crippen LogP contribution is -2.42. The van der Waals surface area contributed by atoms with Crippen molar-refractivity contribution in [2.24, 2.45) is 0 Å². The first-order valence-corrected chi connectivity index (χ1v) is 12.4. The highest BCUT2D eigenvalue weighted by molar-refractivity contribution is 7.17. The molecule has 1 amide bonds. The van der Waals surface area contributed by atoms with Crippen LogP contribution in [0.2, 0.25) is 0 Å². The number of amides is 1. The summed E-state index contributed by atoms with van der Waals surface area (Å²) in [6.45, 7) is 8.72. The third kappa shape index (κ3) is 5.83. The van der Waals surface area contributed by atoms with Gasteiger partial charge in [0.05, 0.1) is 10.6 Å². The van der Waals surface area contributed by atoms with E-state index < -0.39 is 0 Å². The predicted molar refractivity (Wildman–Crippen MR) is 141 cm³/mol. The third-order valence-corrected chi connectivity index (χ3v) is 8.04. The van der Waals surface area contributed by atoms with E-state index in [9.17, 15) is 14.9 Å². The number of hydrogen-bond donors (Lipinski definition) is 2. The monoisotopic (exact) mass is 505 g/mol. The van der Waals surface area contributed by atoms with Gasteiger partial charge < -0.3 is 20.1 Å². The summed E-state index contributed by atoms with van der Waals surface area (Å²) >= 11 is 1.40. The second-order valence-corrected chi connectivity index (χ2v) is 10.2. The molecule has 7 nitrogen and oxygen atoms in total. The number of nitrogens with one attached hydrogen (secondary N) is 2. The largest absolute Gasteiger partial charge is 0.360 e. The number of nitrogens with zero attached hydrogens (tertiary/aromatic N) is 3. The van der Waals surface area contributed by atoms with Gasteiger partial charge in [0.2, 0.25) is 0 Å². The Morgan fingerprint density at radius 1 is 1.21 bits per heavy atom. The Hall–Kier alpha value is -2.34. The molecule has 1 fully saturated rings. The van der Waals surface area contributed by atoms with Crippen LogP contribution in [0.3, 0.4) is 0 Å². The van der Waals surface area contributed by atoms with Crippen LogP contribution in [0.4, 0.5) is 5.00 Å². The highest BCUT2D eigenvalue weighted by Crippen LogP contribution is 2.39. The fourth-order valence-electron chi connectivity index (χ4n) is 4.94. The first-order chi connectivity index (χ1) is 15.7. The summed E-state index contributed by atoms with van der Waals surface area (Å²) in [5.41, 5.74) is 3.25. The van der Waals surface area contributed by atoms with Gasteiger partial charge in [0.15, 0.2) is 0 Å². The molecule has 186 valence electrons. The van der Waals surface area contributed by atoms with E-state index in [0.717, 1.165) is 54.0 Å². The molecule has 1 aliphatic rings. The lowest BCUT2D eigenvalue weighted by Gasteiger charge is -2.39. The molecule has 1 aliphatic carbocycles. The number of rotatable bonds is 7. The number of hydrogen-bond acceptors (Lipinski definition) is 6. The number of pyridine rings is 1. The SMILES string of the molecule is CCN(c1sc(C#N)c(C(=O)NCc2c(C)cc(C)[nH]c2=O)c1C)[C@H]1CC[C@H](N(C)C)CC1.Cl. The van der Waals surface area contributed by atoms with Crippen molar-refractivity contribution in [3.8, 4) is 6.07 Å². The fraction of sp³-hybridized carbons (Fsp3) is 0.560. The number of carbonyl (C=O) groups is 1. The topological polar surface area (TPSA) is 92.2 Å². The molecular weight excluding hydrogens is 470 g/mol.